The number of benzene rings is 1. The van der Waals surface area contributed by atoms with Gasteiger partial charge < -0.3 is 45.8 Å². The molecule has 0 radical (unpaired) electrons. The van der Waals surface area contributed by atoms with Crippen molar-refractivity contribution in [1.82, 2.24) is 41.0 Å². The molecule has 0 saturated carbocycles. The van der Waals surface area contributed by atoms with E-state index in [2.05, 4.69) is 42.2 Å². The Morgan fingerprint density at radius 3 is 2.23 bits per heavy atom. The van der Waals surface area contributed by atoms with E-state index in [1.807, 2.05) is 12.1 Å². The Morgan fingerprint density at radius 2 is 1.62 bits per heavy atom. The molecule has 4 rings (SSSR count). The summed E-state index contributed by atoms with van der Waals surface area (Å²) in [5.41, 5.74) is 1.86. The molecule has 2 aromatic rings. The van der Waals surface area contributed by atoms with Crippen LogP contribution in [0.15, 0.2) is 41.1 Å². The molecule has 2 aliphatic heterocycles. The fraction of sp³-hybridized carbons (Fsp3) is 0.590. The molecule has 2 saturated heterocycles. The summed E-state index contributed by atoms with van der Waals surface area (Å²) >= 11 is 3.39. The number of nitrogens with zero attached hydrogens (tertiary/aromatic N) is 4. The van der Waals surface area contributed by atoms with Crippen LogP contribution < -0.4 is 26.7 Å². The van der Waals surface area contributed by atoms with Crippen LogP contribution in [0.2, 0.25) is 0 Å². The summed E-state index contributed by atoms with van der Waals surface area (Å²) in [6.45, 7) is 7.56. The van der Waals surface area contributed by atoms with Crippen LogP contribution in [0, 0.1) is 0 Å². The molecule has 15 nitrogen and oxygen atoms in total. The predicted molar refractivity (Wildman–Crippen MR) is 220 cm³/mol. The van der Waals surface area contributed by atoms with Crippen molar-refractivity contribution in [3.63, 3.8) is 0 Å². The predicted octanol–water partition coefficient (Wildman–Crippen LogP) is 2.75. The van der Waals surface area contributed by atoms with Crippen molar-refractivity contribution in [2.75, 3.05) is 46.8 Å². The van der Waals surface area contributed by atoms with Gasteiger partial charge >= 0.3 is 18.2 Å². The largest absolute Gasteiger partial charge is 0.507 e. The Morgan fingerprint density at radius 1 is 0.982 bits per heavy atom. The molecule has 1 aromatic heterocycles. The van der Waals surface area contributed by atoms with Gasteiger partial charge in [0.2, 0.25) is 11.8 Å². The number of aromatic hydroxyl groups is 1. The number of pyridine rings is 1. The smallest absolute Gasteiger partial charge is 0.407 e. The molecule has 0 bridgehead atoms. The summed E-state index contributed by atoms with van der Waals surface area (Å²) in [7, 11) is 5.06. The third kappa shape index (κ3) is 13.0. The SMILES string of the molecule is Bc1cc(C[C@@H](NC(=O)N2CCC(N(C)C(=O)NC)CC2)C(=O)NC(CCCCNC(=O)OC(C)(C)C)C(=O)N2CCC(c3ccncc3)CC2)cc(Br)c1O. The van der Waals surface area contributed by atoms with E-state index < -0.39 is 35.7 Å². The number of aromatic nitrogens is 1. The molecule has 2 fully saturated rings. The summed E-state index contributed by atoms with van der Waals surface area (Å²) in [6.07, 6.45) is 7.25. The minimum Gasteiger partial charge on any atom is -0.507 e. The molecule has 7 amide bonds. The number of piperidine rings is 2. The number of carbonyl (C=O) groups is 5. The molecule has 1 aromatic carbocycles. The van der Waals surface area contributed by atoms with E-state index in [-0.39, 0.29) is 30.2 Å². The number of phenols is 1. The number of alkyl carbamates (subject to hydrolysis) is 1. The second-order valence-corrected chi connectivity index (χ2v) is 16.6. The number of rotatable bonds is 13. The number of nitrogens with one attached hydrogen (secondary N) is 4. The molecular formula is C39H58BBrN8O7. The second kappa shape index (κ2) is 20.6. The van der Waals surface area contributed by atoms with Crippen LogP contribution in [0.25, 0.3) is 0 Å². The van der Waals surface area contributed by atoms with Crippen molar-refractivity contribution in [2.24, 2.45) is 0 Å². The number of ether oxygens (including phenoxy) is 1. The number of hydrogen-bond acceptors (Lipinski definition) is 8. The number of likely N-dealkylation sites (tertiary alicyclic amines) is 2. The maximum Gasteiger partial charge on any atom is 0.407 e. The van der Waals surface area contributed by atoms with Gasteiger partial charge in [-0.1, -0.05) is 6.07 Å². The number of carbonyl (C=O) groups excluding carboxylic acids is 5. The van der Waals surface area contributed by atoms with Gasteiger partial charge in [-0.05, 0) is 122 Å². The van der Waals surface area contributed by atoms with Crippen molar-refractivity contribution in [2.45, 2.75) is 102 Å². The fourth-order valence-corrected chi connectivity index (χ4v) is 7.81. The molecule has 2 atom stereocenters. The van der Waals surface area contributed by atoms with Crippen LogP contribution in [0.5, 0.6) is 5.75 Å². The first-order chi connectivity index (χ1) is 26.6. The summed E-state index contributed by atoms with van der Waals surface area (Å²) in [6, 6.07) is 4.92. The van der Waals surface area contributed by atoms with E-state index in [0.29, 0.717) is 86.2 Å². The molecule has 5 N–H and O–H groups in total. The highest BCUT2D eigenvalue weighted by Crippen LogP contribution is 2.28. The molecule has 306 valence electrons. The molecule has 0 spiro atoms. The van der Waals surface area contributed by atoms with Gasteiger partial charge in [-0.3, -0.25) is 14.6 Å². The summed E-state index contributed by atoms with van der Waals surface area (Å²) in [4.78, 5) is 75.8. The molecule has 17 heteroatoms. The van der Waals surface area contributed by atoms with E-state index >= 15 is 0 Å². The third-order valence-corrected chi connectivity index (χ3v) is 11.0. The Labute approximate surface area is 339 Å². The van der Waals surface area contributed by atoms with Gasteiger partial charge in [-0.2, -0.15) is 0 Å². The van der Waals surface area contributed by atoms with Crippen LogP contribution in [0.4, 0.5) is 14.4 Å². The summed E-state index contributed by atoms with van der Waals surface area (Å²) in [5, 5.41) is 21.7. The molecule has 56 heavy (non-hydrogen) atoms. The van der Waals surface area contributed by atoms with Crippen LogP contribution in [0.3, 0.4) is 0 Å². The van der Waals surface area contributed by atoms with Crippen LogP contribution in [-0.4, -0.2) is 133 Å². The van der Waals surface area contributed by atoms with Gasteiger partial charge in [0.15, 0.2) is 0 Å². The first-order valence-electron chi connectivity index (χ1n) is 19.5. The molecule has 3 heterocycles. The average Bonchev–Trinajstić information content (AvgIpc) is 3.17. The van der Waals surface area contributed by atoms with E-state index in [9.17, 15) is 29.1 Å². The van der Waals surface area contributed by atoms with Crippen molar-refractivity contribution in [3.05, 3.63) is 52.3 Å². The van der Waals surface area contributed by atoms with E-state index in [0.717, 1.165) is 12.8 Å². The van der Waals surface area contributed by atoms with Crippen molar-refractivity contribution >= 4 is 59.2 Å². The van der Waals surface area contributed by atoms with Gasteiger partial charge in [0.05, 0.1) is 4.47 Å². The molecule has 2 aliphatic rings. The van der Waals surface area contributed by atoms with Gasteiger partial charge in [-0.25, -0.2) is 14.4 Å². The lowest BCUT2D eigenvalue weighted by Gasteiger charge is -2.37. The Bertz CT molecular complexity index is 1640. The molecule has 1 unspecified atom stereocenters. The number of amides is 7. The number of hydrogen-bond donors (Lipinski definition) is 5. The Kier molecular flexibility index (Phi) is 16.2. The molecule has 0 aliphatic carbocycles. The van der Waals surface area contributed by atoms with E-state index in [4.69, 9.17) is 4.74 Å². The van der Waals surface area contributed by atoms with E-state index in [1.165, 1.54) is 5.56 Å². The summed E-state index contributed by atoms with van der Waals surface area (Å²) < 4.78 is 5.80. The van der Waals surface area contributed by atoms with Gasteiger partial charge in [0.1, 0.15) is 31.3 Å². The lowest BCUT2D eigenvalue weighted by Crippen LogP contribution is -2.58. The van der Waals surface area contributed by atoms with Crippen LogP contribution in [-0.2, 0) is 20.7 Å². The number of urea groups is 2. The second-order valence-electron chi connectivity index (χ2n) is 15.7. The zero-order valence-corrected chi connectivity index (χ0v) is 35.1. The number of unbranched alkanes of at least 4 members (excludes halogenated alkanes) is 1. The van der Waals surface area contributed by atoms with Crippen molar-refractivity contribution in [3.8, 4) is 5.75 Å². The Hall–Kier alpha value is -4.54. The molecular weight excluding hydrogens is 783 g/mol. The monoisotopic (exact) mass is 840 g/mol. The van der Waals surface area contributed by atoms with Crippen LogP contribution >= 0.6 is 15.9 Å². The van der Waals surface area contributed by atoms with Crippen molar-refractivity contribution in [1.29, 1.82) is 0 Å². The van der Waals surface area contributed by atoms with Gasteiger partial charge in [0.25, 0.3) is 0 Å². The maximum absolute atomic E-state index is 14.3. The highest BCUT2D eigenvalue weighted by molar-refractivity contribution is 9.10. The highest BCUT2D eigenvalue weighted by Gasteiger charge is 2.34. The lowest BCUT2D eigenvalue weighted by atomic mass is 9.89. The third-order valence-electron chi connectivity index (χ3n) is 10.4. The lowest BCUT2D eigenvalue weighted by molar-refractivity contribution is -0.138. The normalized spacial score (nSPS) is 16.3. The van der Waals surface area contributed by atoms with Crippen LogP contribution in [0.1, 0.15) is 82.8 Å². The van der Waals surface area contributed by atoms with Crippen molar-refractivity contribution < 1.29 is 33.8 Å². The minimum absolute atomic E-state index is 0.0312. The van der Waals surface area contributed by atoms with Gasteiger partial charge in [-0.15, -0.1) is 0 Å². The highest BCUT2D eigenvalue weighted by atomic mass is 79.9. The Balaban J connectivity index is 1.49. The number of halogens is 1. The number of phenolic OH excluding ortho intramolecular Hbond substituents is 1. The average molecular weight is 842 g/mol. The van der Waals surface area contributed by atoms with Gasteiger partial charge in [0, 0.05) is 71.7 Å². The zero-order valence-electron chi connectivity index (χ0n) is 33.5. The fourth-order valence-electron chi connectivity index (χ4n) is 7.21. The first-order valence-corrected chi connectivity index (χ1v) is 20.3. The standard InChI is InChI=1S/C39H58BBrN8O7/c1-39(2,3)56-38(55)44-15-7-6-8-31(35(52)48-18-11-27(12-19-48)26-9-16-43-17-10-26)45-34(51)32(24-25-22-29(40)33(50)30(41)23-25)46-37(54)49-20-13-28(14-21-49)47(5)36(53)42-4/h9-10,16-17,22-23,27-28,31-32,50H,6-8,11-15,18-21,24,40H2,1-5H3,(H,42,53)(H,44,55)(H,45,51)(H,46,54)/t31?,32-/m1/s1. The zero-order chi connectivity index (χ0) is 41.0. The summed E-state index contributed by atoms with van der Waals surface area (Å²) in [5.74, 6) is -0.313. The minimum atomic E-state index is -1.05. The first kappa shape index (κ1) is 44.2. The topological polar surface area (TPSA) is 186 Å². The van der Waals surface area contributed by atoms with E-state index in [1.54, 1.807) is 81.9 Å². The maximum atomic E-state index is 14.3. The quantitative estimate of drug-likeness (QED) is 0.151.